The van der Waals surface area contributed by atoms with E-state index in [-0.39, 0.29) is 11.8 Å². The second-order valence-corrected chi connectivity index (χ2v) is 7.08. The van der Waals surface area contributed by atoms with Gasteiger partial charge in [-0.1, -0.05) is 34.1 Å². The van der Waals surface area contributed by atoms with Crippen molar-refractivity contribution >= 4 is 18.0 Å². The Morgan fingerprint density at radius 1 is 1.04 bits per heavy atom. The summed E-state index contributed by atoms with van der Waals surface area (Å²) in [6, 6.07) is -1.86. The molecule has 0 saturated carbocycles. The molecule has 3 atom stereocenters. The minimum absolute atomic E-state index is 0.163. The molecule has 23 heavy (non-hydrogen) atoms. The molecule has 0 saturated heterocycles. The summed E-state index contributed by atoms with van der Waals surface area (Å²) < 4.78 is 5.17. The van der Waals surface area contributed by atoms with Crippen molar-refractivity contribution in [2.45, 2.75) is 72.6 Å². The molecule has 0 aromatic rings. The van der Waals surface area contributed by atoms with E-state index in [0.717, 1.165) is 0 Å². The number of hydrogen-bond acceptors (Lipinski definition) is 4. The summed E-state index contributed by atoms with van der Waals surface area (Å²) in [4.78, 5) is 35.6. The maximum Gasteiger partial charge on any atom is 0.408 e. The number of amides is 2. The van der Waals surface area contributed by atoms with Crippen LogP contribution in [-0.2, 0) is 14.3 Å². The molecule has 7 nitrogen and oxygen atoms in total. The summed E-state index contributed by atoms with van der Waals surface area (Å²) in [5, 5.41) is 14.2. The van der Waals surface area contributed by atoms with Crippen LogP contribution in [0, 0.1) is 11.8 Å². The number of alkyl carbamates (subject to hydrolysis) is 1. The Balaban J connectivity index is 5.06. The van der Waals surface area contributed by atoms with Gasteiger partial charge in [0.1, 0.15) is 17.7 Å². The SMILES string of the molecule is CC[C@H](C)[C@H](NC(=O)OC(C)(C)C)C(=O)N[C@H](C(=O)O)C(C)C. The average molecular weight is 330 g/mol. The first-order valence-electron chi connectivity index (χ1n) is 7.91. The molecular weight excluding hydrogens is 300 g/mol. The molecule has 0 aromatic carbocycles. The lowest BCUT2D eigenvalue weighted by atomic mass is 9.97. The highest BCUT2D eigenvalue weighted by Crippen LogP contribution is 2.12. The normalized spacial score (nSPS) is 15.5. The van der Waals surface area contributed by atoms with Gasteiger partial charge < -0.3 is 20.5 Å². The molecule has 0 heterocycles. The van der Waals surface area contributed by atoms with Crippen molar-refractivity contribution in [2.24, 2.45) is 11.8 Å². The highest BCUT2D eigenvalue weighted by atomic mass is 16.6. The Hall–Kier alpha value is -1.79. The van der Waals surface area contributed by atoms with Gasteiger partial charge in [0, 0.05) is 0 Å². The fourth-order valence-electron chi connectivity index (χ4n) is 1.89. The smallest absolute Gasteiger partial charge is 0.408 e. The zero-order valence-electron chi connectivity index (χ0n) is 15.1. The largest absolute Gasteiger partial charge is 0.480 e. The standard InChI is InChI=1S/C16H30N2O5/c1-8-10(4)12(18-15(22)23-16(5,6)7)13(19)17-11(9(2)3)14(20)21/h9-12H,8H2,1-7H3,(H,17,19)(H,18,22)(H,20,21)/t10-,11-,12-/m0/s1. The predicted octanol–water partition coefficient (Wildman–Crippen LogP) is 2.15. The molecule has 7 heteroatoms. The maximum atomic E-state index is 12.4. The van der Waals surface area contributed by atoms with Crippen molar-refractivity contribution in [2.75, 3.05) is 0 Å². The molecule has 0 bridgehead atoms. The molecule has 134 valence electrons. The molecule has 0 radical (unpaired) electrons. The summed E-state index contributed by atoms with van der Waals surface area (Å²) >= 11 is 0. The van der Waals surface area contributed by atoms with Crippen molar-refractivity contribution < 1.29 is 24.2 Å². The Bertz CT molecular complexity index is 429. The quantitative estimate of drug-likeness (QED) is 0.663. The minimum Gasteiger partial charge on any atom is -0.480 e. The van der Waals surface area contributed by atoms with Gasteiger partial charge in [-0.25, -0.2) is 9.59 Å². The van der Waals surface area contributed by atoms with Crippen molar-refractivity contribution in [3.63, 3.8) is 0 Å². The first-order valence-corrected chi connectivity index (χ1v) is 7.91. The second-order valence-electron chi connectivity index (χ2n) is 7.08. The van der Waals surface area contributed by atoms with E-state index in [4.69, 9.17) is 4.74 Å². The van der Waals surface area contributed by atoms with E-state index in [2.05, 4.69) is 10.6 Å². The van der Waals surface area contributed by atoms with E-state index >= 15 is 0 Å². The van der Waals surface area contributed by atoms with Gasteiger partial charge in [0.2, 0.25) is 5.91 Å². The molecule has 0 aromatic heterocycles. The van der Waals surface area contributed by atoms with Crippen LogP contribution in [-0.4, -0.2) is 40.8 Å². The number of ether oxygens (including phenoxy) is 1. The van der Waals surface area contributed by atoms with Crippen molar-refractivity contribution in [1.29, 1.82) is 0 Å². The van der Waals surface area contributed by atoms with Crippen molar-refractivity contribution in [3.05, 3.63) is 0 Å². The van der Waals surface area contributed by atoms with Gasteiger partial charge in [0.05, 0.1) is 0 Å². The maximum absolute atomic E-state index is 12.4. The lowest BCUT2D eigenvalue weighted by Gasteiger charge is -2.28. The van der Waals surface area contributed by atoms with Crippen LogP contribution in [0.2, 0.25) is 0 Å². The van der Waals surface area contributed by atoms with E-state index in [1.807, 2.05) is 13.8 Å². The molecule has 0 aliphatic heterocycles. The van der Waals surface area contributed by atoms with Gasteiger partial charge >= 0.3 is 12.1 Å². The molecular formula is C16H30N2O5. The molecule has 0 unspecified atom stereocenters. The van der Waals surface area contributed by atoms with Crippen LogP contribution >= 0.6 is 0 Å². The van der Waals surface area contributed by atoms with Crippen LogP contribution in [0.4, 0.5) is 4.79 Å². The summed E-state index contributed by atoms with van der Waals surface area (Å²) in [6.07, 6.45) is -0.0535. The molecule has 0 aliphatic carbocycles. The van der Waals surface area contributed by atoms with Crippen LogP contribution in [0.5, 0.6) is 0 Å². The van der Waals surface area contributed by atoms with Crippen LogP contribution in [0.25, 0.3) is 0 Å². The topological polar surface area (TPSA) is 105 Å². The number of carbonyl (C=O) groups excluding carboxylic acids is 2. The fraction of sp³-hybridized carbons (Fsp3) is 0.812. The van der Waals surface area contributed by atoms with Crippen LogP contribution in [0.15, 0.2) is 0 Å². The Kier molecular flexibility index (Phi) is 8.06. The zero-order chi connectivity index (χ0) is 18.4. The van der Waals surface area contributed by atoms with Gasteiger partial charge in [-0.15, -0.1) is 0 Å². The summed E-state index contributed by atoms with van der Waals surface area (Å²) in [5.41, 5.74) is -0.678. The van der Waals surface area contributed by atoms with Gasteiger partial charge in [0.25, 0.3) is 0 Å². The third kappa shape index (κ3) is 7.85. The lowest BCUT2D eigenvalue weighted by molar-refractivity contribution is -0.143. The first kappa shape index (κ1) is 21.2. The van der Waals surface area contributed by atoms with E-state index in [9.17, 15) is 19.5 Å². The first-order chi connectivity index (χ1) is 10.4. The van der Waals surface area contributed by atoms with Crippen molar-refractivity contribution in [3.8, 4) is 0 Å². The highest BCUT2D eigenvalue weighted by molar-refractivity contribution is 5.89. The summed E-state index contributed by atoms with van der Waals surface area (Å²) in [7, 11) is 0. The molecule has 2 amide bonds. The van der Waals surface area contributed by atoms with Crippen LogP contribution < -0.4 is 10.6 Å². The third-order valence-corrected chi connectivity index (χ3v) is 3.40. The number of hydrogen-bond donors (Lipinski definition) is 3. The number of aliphatic carboxylic acids is 1. The number of carbonyl (C=O) groups is 3. The number of rotatable bonds is 7. The van der Waals surface area contributed by atoms with E-state index in [0.29, 0.717) is 6.42 Å². The molecule has 0 aliphatic rings. The third-order valence-electron chi connectivity index (χ3n) is 3.40. The van der Waals surface area contributed by atoms with E-state index < -0.39 is 35.7 Å². The summed E-state index contributed by atoms with van der Waals surface area (Å²) in [5.74, 6) is -2.06. The zero-order valence-corrected chi connectivity index (χ0v) is 15.1. The fourth-order valence-corrected chi connectivity index (χ4v) is 1.89. The van der Waals surface area contributed by atoms with E-state index in [1.165, 1.54) is 0 Å². The van der Waals surface area contributed by atoms with Gasteiger partial charge in [-0.3, -0.25) is 4.79 Å². The van der Waals surface area contributed by atoms with E-state index in [1.54, 1.807) is 34.6 Å². The van der Waals surface area contributed by atoms with Gasteiger partial charge in [0.15, 0.2) is 0 Å². The average Bonchev–Trinajstić information content (AvgIpc) is 2.38. The molecule has 0 fully saturated rings. The Morgan fingerprint density at radius 2 is 1.57 bits per heavy atom. The number of carboxylic acids is 1. The lowest BCUT2D eigenvalue weighted by Crippen LogP contribution is -2.55. The predicted molar refractivity (Wildman–Crippen MR) is 87.0 cm³/mol. The molecule has 0 spiro atoms. The van der Waals surface area contributed by atoms with Crippen LogP contribution in [0.3, 0.4) is 0 Å². The van der Waals surface area contributed by atoms with Gasteiger partial charge in [-0.05, 0) is 32.6 Å². The Labute approximate surface area is 138 Å². The number of carboxylic acid groups (broad SMARTS) is 1. The molecule has 3 N–H and O–H groups in total. The Morgan fingerprint density at radius 3 is 1.91 bits per heavy atom. The van der Waals surface area contributed by atoms with Crippen LogP contribution in [0.1, 0.15) is 54.9 Å². The number of nitrogens with one attached hydrogen (secondary N) is 2. The van der Waals surface area contributed by atoms with Crippen molar-refractivity contribution in [1.82, 2.24) is 10.6 Å². The molecule has 0 rings (SSSR count). The summed E-state index contributed by atoms with van der Waals surface area (Å²) in [6.45, 7) is 12.3. The highest BCUT2D eigenvalue weighted by Gasteiger charge is 2.32. The monoisotopic (exact) mass is 330 g/mol. The van der Waals surface area contributed by atoms with Gasteiger partial charge in [-0.2, -0.15) is 0 Å². The second kappa shape index (κ2) is 8.74. The minimum atomic E-state index is -1.10.